The molecule has 0 bridgehead atoms. The number of rotatable bonds is 8. The van der Waals surface area contributed by atoms with Crippen molar-refractivity contribution in [1.29, 1.82) is 0 Å². The van der Waals surface area contributed by atoms with E-state index >= 15 is 0 Å². The number of pyridine rings is 1. The highest BCUT2D eigenvalue weighted by atomic mass is 16.5. The van der Waals surface area contributed by atoms with Crippen LogP contribution in [0.2, 0.25) is 0 Å². The van der Waals surface area contributed by atoms with Gasteiger partial charge in [-0.3, -0.25) is 14.7 Å². The fourth-order valence-corrected chi connectivity index (χ4v) is 4.50. The molecule has 1 aliphatic rings. The van der Waals surface area contributed by atoms with Crippen molar-refractivity contribution in [2.45, 2.75) is 32.5 Å². The van der Waals surface area contributed by atoms with Gasteiger partial charge in [0.1, 0.15) is 11.9 Å². The largest absolute Gasteiger partial charge is 0.488 e. The minimum Gasteiger partial charge on any atom is -0.488 e. The average molecular weight is 518 g/mol. The van der Waals surface area contributed by atoms with Crippen LogP contribution < -0.4 is 15.4 Å². The van der Waals surface area contributed by atoms with E-state index in [-0.39, 0.29) is 30.6 Å². The predicted octanol–water partition coefficient (Wildman–Crippen LogP) is 4.08. The second kappa shape index (κ2) is 12.5. The molecule has 3 aromatic rings. The Kier molecular flexibility index (Phi) is 8.93. The number of aliphatic hydroxyl groups is 1. The van der Waals surface area contributed by atoms with E-state index in [1.165, 1.54) is 0 Å². The lowest BCUT2D eigenvalue weighted by atomic mass is 9.99. The lowest BCUT2D eigenvalue weighted by molar-refractivity contribution is 0.0341. The lowest BCUT2D eigenvalue weighted by Crippen LogP contribution is -2.49. The molecule has 0 saturated carbocycles. The number of carbonyl (C=O) groups excluding carboxylic acids is 2. The molecule has 200 valence electrons. The summed E-state index contributed by atoms with van der Waals surface area (Å²) in [5, 5.41) is 15.5. The minimum absolute atomic E-state index is 0.00967. The number of likely N-dealkylation sites (N-methyl/N-ethyl adjacent to an activating group) is 1. The number of carbonyl (C=O) groups is 2. The van der Waals surface area contributed by atoms with Crippen LogP contribution in [0.15, 0.2) is 73.1 Å². The molecule has 9 nitrogen and oxygen atoms in total. The Balaban J connectivity index is 1.56. The van der Waals surface area contributed by atoms with E-state index in [0.29, 0.717) is 35.8 Å². The monoisotopic (exact) mass is 517 g/mol. The van der Waals surface area contributed by atoms with Crippen LogP contribution in [0.5, 0.6) is 5.75 Å². The van der Waals surface area contributed by atoms with Gasteiger partial charge in [-0.1, -0.05) is 25.1 Å². The molecular weight excluding hydrogens is 482 g/mol. The number of ether oxygens (including phenoxy) is 1. The molecule has 0 radical (unpaired) electrons. The fourth-order valence-electron chi connectivity index (χ4n) is 4.50. The number of aromatic nitrogens is 1. The van der Waals surface area contributed by atoms with Gasteiger partial charge in [-0.25, -0.2) is 4.79 Å². The van der Waals surface area contributed by atoms with Gasteiger partial charge in [0.25, 0.3) is 5.91 Å². The summed E-state index contributed by atoms with van der Waals surface area (Å²) >= 11 is 0. The van der Waals surface area contributed by atoms with E-state index in [0.717, 1.165) is 12.1 Å². The van der Waals surface area contributed by atoms with E-state index in [1.807, 2.05) is 44.3 Å². The quantitative estimate of drug-likeness (QED) is 0.416. The zero-order valence-corrected chi connectivity index (χ0v) is 22.0. The highest BCUT2D eigenvalue weighted by molar-refractivity contribution is 6.02. The molecule has 0 saturated heterocycles. The number of anilines is 2. The van der Waals surface area contributed by atoms with Gasteiger partial charge in [0.15, 0.2) is 0 Å². The van der Waals surface area contributed by atoms with Crippen molar-refractivity contribution in [3.05, 3.63) is 84.2 Å². The van der Waals surface area contributed by atoms with Crippen LogP contribution in [0.1, 0.15) is 29.8 Å². The molecule has 38 heavy (non-hydrogen) atoms. The van der Waals surface area contributed by atoms with Crippen molar-refractivity contribution in [3.8, 4) is 5.75 Å². The van der Waals surface area contributed by atoms with Gasteiger partial charge in [-0.2, -0.15) is 0 Å². The third kappa shape index (κ3) is 6.87. The molecule has 3 atom stereocenters. The number of hydrogen-bond donors (Lipinski definition) is 3. The number of aliphatic hydroxyl groups excluding tert-OH is 1. The minimum atomic E-state index is -0.417. The Morgan fingerprint density at radius 2 is 1.84 bits per heavy atom. The zero-order chi connectivity index (χ0) is 27.1. The third-order valence-electron chi connectivity index (χ3n) is 6.65. The number of fused-ring (bicyclic) bond motifs is 1. The van der Waals surface area contributed by atoms with E-state index in [4.69, 9.17) is 4.74 Å². The van der Waals surface area contributed by atoms with Gasteiger partial charge in [0.05, 0.1) is 18.2 Å². The zero-order valence-electron chi connectivity index (χ0n) is 22.0. The summed E-state index contributed by atoms with van der Waals surface area (Å²) in [6.07, 6.45) is 3.35. The molecule has 2 aromatic carbocycles. The summed E-state index contributed by atoms with van der Waals surface area (Å²) in [4.78, 5) is 34.1. The highest BCUT2D eigenvalue weighted by Crippen LogP contribution is 2.31. The first kappa shape index (κ1) is 27.1. The molecule has 9 heteroatoms. The number of urea groups is 1. The number of hydrogen-bond acceptors (Lipinski definition) is 6. The first-order chi connectivity index (χ1) is 18.3. The molecule has 2 heterocycles. The van der Waals surface area contributed by atoms with Crippen molar-refractivity contribution >= 4 is 23.3 Å². The van der Waals surface area contributed by atoms with Crippen molar-refractivity contribution in [1.82, 2.24) is 14.8 Å². The summed E-state index contributed by atoms with van der Waals surface area (Å²) < 4.78 is 6.45. The number of amides is 3. The fraction of sp³-hybridized carbons (Fsp3) is 0.345. The van der Waals surface area contributed by atoms with E-state index in [9.17, 15) is 14.7 Å². The van der Waals surface area contributed by atoms with Crippen LogP contribution in [0.25, 0.3) is 0 Å². The standard InChI is InChI=1S/C29H35N5O4/c1-20-16-34(21(2)19-35)28(36)25-15-24(32-29(37)31-23-7-5-4-6-8-23)9-10-26(25)38-27(20)18-33(3)17-22-11-13-30-14-12-22/h4-15,20-21,27,35H,16-19H2,1-3H3,(H2,31,32,37)/t20-,21+,27+/m0/s1. The van der Waals surface area contributed by atoms with Crippen molar-refractivity contribution in [3.63, 3.8) is 0 Å². The molecular formula is C29H35N5O4. The maximum absolute atomic E-state index is 13.6. The molecule has 0 aliphatic carbocycles. The first-order valence-electron chi connectivity index (χ1n) is 12.8. The average Bonchev–Trinajstić information content (AvgIpc) is 2.91. The molecule has 1 aromatic heterocycles. The van der Waals surface area contributed by atoms with Gasteiger partial charge in [0, 0.05) is 49.3 Å². The van der Waals surface area contributed by atoms with Crippen molar-refractivity contribution < 1.29 is 19.4 Å². The topological polar surface area (TPSA) is 107 Å². The van der Waals surface area contributed by atoms with Crippen LogP contribution in [-0.4, -0.2) is 70.7 Å². The normalized spacial score (nSPS) is 18.1. The van der Waals surface area contributed by atoms with Crippen LogP contribution >= 0.6 is 0 Å². The molecule has 3 amide bonds. The Morgan fingerprint density at radius 1 is 1.13 bits per heavy atom. The molecule has 0 spiro atoms. The number of para-hydroxylation sites is 1. The second-order valence-electron chi connectivity index (χ2n) is 9.83. The molecule has 0 fully saturated rings. The van der Waals surface area contributed by atoms with E-state index < -0.39 is 6.03 Å². The van der Waals surface area contributed by atoms with Crippen LogP contribution in [0.3, 0.4) is 0 Å². The second-order valence-corrected chi connectivity index (χ2v) is 9.83. The Labute approximate surface area is 223 Å². The predicted molar refractivity (Wildman–Crippen MR) is 147 cm³/mol. The van der Waals surface area contributed by atoms with Crippen LogP contribution in [-0.2, 0) is 6.54 Å². The SMILES string of the molecule is C[C@H](CO)N1C[C@H](C)[C@@H](CN(C)Cc2ccncc2)Oc2ccc(NC(=O)Nc3ccccc3)cc2C1=O. The summed E-state index contributed by atoms with van der Waals surface area (Å²) in [6, 6.07) is 17.4. The van der Waals surface area contributed by atoms with Gasteiger partial charge >= 0.3 is 6.03 Å². The highest BCUT2D eigenvalue weighted by Gasteiger charge is 2.33. The maximum Gasteiger partial charge on any atom is 0.323 e. The van der Waals surface area contributed by atoms with Gasteiger partial charge < -0.3 is 25.4 Å². The van der Waals surface area contributed by atoms with Gasteiger partial charge in [-0.05, 0) is 62.0 Å². The summed E-state index contributed by atoms with van der Waals surface area (Å²) in [5.41, 5.74) is 2.62. The smallest absolute Gasteiger partial charge is 0.323 e. The maximum atomic E-state index is 13.6. The first-order valence-corrected chi connectivity index (χ1v) is 12.8. The number of benzene rings is 2. The third-order valence-corrected chi connectivity index (χ3v) is 6.65. The molecule has 1 aliphatic heterocycles. The molecule has 4 rings (SSSR count). The Morgan fingerprint density at radius 3 is 2.55 bits per heavy atom. The Hall–Kier alpha value is -3.95. The van der Waals surface area contributed by atoms with Crippen molar-refractivity contribution in [2.24, 2.45) is 5.92 Å². The Bertz CT molecular complexity index is 1220. The summed E-state index contributed by atoms with van der Waals surface area (Å²) in [6.45, 7) is 5.53. The van der Waals surface area contributed by atoms with Crippen LogP contribution in [0, 0.1) is 5.92 Å². The number of nitrogens with zero attached hydrogens (tertiary/aromatic N) is 3. The summed E-state index contributed by atoms with van der Waals surface area (Å²) in [7, 11) is 2.04. The number of nitrogens with one attached hydrogen (secondary N) is 2. The van der Waals surface area contributed by atoms with Gasteiger partial charge in [0.2, 0.25) is 0 Å². The summed E-state index contributed by atoms with van der Waals surface area (Å²) in [5.74, 6) is 0.215. The van der Waals surface area contributed by atoms with Gasteiger partial charge in [-0.15, -0.1) is 0 Å². The lowest BCUT2D eigenvalue weighted by Gasteiger charge is -2.38. The van der Waals surface area contributed by atoms with E-state index in [1.54, 1.807) is 47.6 Å². The van der Waals surface area contributed by atoms with Crippen molar-refractivity contribution in [2.75, 3.05) is 37.4 Å². The van der Waals surface area contributed by atoms with Crippen LogP contribution in [0.4, 0.5) is 16.2 Å². The molecule has 0 unspecified atom stereocenters. The van der Waals surface area contributed by atoms with E-state index in [2.05, 4.69) is 27.4 Å². The molecule has 3 N–H and O–H groups in total.